The fourth-order valence-corrected chi connectivity index (χ4v) is 2.99. The van der Waals surface area contributed by atoms with Crippen LogP contribution >= 0.6 is 11.3 Å². The van der Waals surface area contributed by atoms with Gasteiger partial charge in [0.05, 0.1) is 17.6 Å². The first-order valence-electron chi connectivity index (χ1n) is 6.31. The van der Waals surface area contributed by atoms with Gasteiger partial charge in [-0.15, -0.1) is 11.3 Å². The SMILES string of the molecule is CCc1cnc(Cn2c(N)nc3c(C#N)cccc32)s1. The van der Waals surface area contributed by atoms with Gasteiger partial charge in [-0.2, -0.15) is 5.26 Å². The Kier molecular flexibility index (Phi) is 3.12. The van der Waals surface area contributed by atoms with E-state index in [0.29, 0.717) is 23.6 Å². The standard InChI is InChI=1S/C14H13N5S/c1-2-10-7-17-12(20-10)8-19-11-5-3-4-9(6-15)13(11)18-14(19)16/h3-5,7H,2,8H2,1H3,(H2,16,18). The summed E-state index contributed by atoms with van der Waals surface area (Å²) in [6.45, 7) is 2.69. The zero-order valence-corrected chi connectivity index (χ0v) is 11.8. The molecule has 0 radical (unpaired) electrons. The molecule has 0 unspecified atom stereocenters. The van der Waals surface area contributed by atoms with Crippen molar-refractivity contribution < 1.29 is 0 Å². The molecule has 0 fully saturated rings. The fourth-order valence-electron chi connectivity index (χ4n) is 2.14. The zero-order chi connectivity index (χ0) is 14.1. The number of hydrogen-bond acceptors (Lipinski definition) is 5. The highest BCUT2D eigenvalue weighted by Crippen LogP contribution is 2.23. The quantitative estimate of drug-likeness (QED) is 0.801. The van der Waals surface area contributed by atoms with Crippen LogP contribution in [0.5, 0.6) is 0 Å². The van der Waals surface area contributed by atoms with Gasteiger partial charge in [-0.25, -0.2) is 9.97 Å². The summed E-state index contributed by atoms with van der Waals surface area (Å²) in [5.41, 5.74) is 8.05. The molecular weight excluding hydrogens is 270 g/mol. The van der Waals surface area contributed by atoms with Crippen LogP contribution in [0, 0.1) is 11.3 Å². The van der Waals surface area contributed by atoms with Crippen LogP contribution in [0.1, 0.15) is 22.4 Å². The van der Waals surface area contributed by atoms with Crippen LogP contribution in [0.4, 0.5) is 5.95 Å². The van der Waals surface area contributed by atoms with Crippen LogP contribution in [-0.2, 0) is 13.0 Å². The maximum Gasteiger partial charge on any atom is 0.201 e. The lowest BCUT2D eigenvalue weighted by molar-refractivity contribution is 0.829. The van der Waals surface area contributed by atoms with Gasteiger partial charge in [-0.3, -0.25) is 0 Å². The molecule has 0 amide bonds. The number of nitrogens with zero attached hydrogens (tertiary/aromatic N) is 4. The molecule has 20 heavy (non-hydrogen) atoms. The summed E-state index contributed by atoms with van der Waals surface area (Å²) in [5.74, 6) is 0.413. The van der Waals surface area contributed by atoms with E-state index >= 15 is 0 Å². The zero-order valence-electron chi connectivity index (χ0n) is 11.0. The molecule has 2 heterocycles. The number of rotatable bonds is 3. The van der Waals surface area contributed by atoms with Gasteiger partial charge >= 0.3 is 0 Å². The van der Waals surface area contributed by atoms with Gasteiger partial charge in [0, 0.05) is 11.1 Å². The van der Waals surface area contributed by atoms with Crippen LogP contribution in [0.15, 0.2) is 24.4 Å². The monoisotopic (exact) mass is 283 g/mol. The van der Waals surface area contributed by atoms with Crippen molar-refractivity contribution in [2.45, 2.75) is 19.9 Å². The normalized spacial score (nSPS) is 10.8. The number of fused-ring (bicyclic) bond motifs is 1. The van der Waals surface area contributed by atoms with E-state index in [0.717, 1.165) is 16.9 Å². The summed E-state index contributed by atoms with van der Waals surface area (Å²) in [4.78, 5) is 9.95. The number of benzene rings is 1. The molecule has 0 bridgehead atoms. The first-order chi connectivity index (χ1) is 9.72. The number of nitrogens with two attached hydrogens (primary N) is 1. The molecule has 0 aliphatic heterocycles. The molecule has 3 rings (SSSR count). The molecule has 100 valence electrons. The van der Waals surface area contributed by atoms with E-state index < -0.39 is 0 Å². The van der Waals surface area contributed by atoms with E-state index in [1.54, 1.807) is 17.4 Å². The molecule has 0 spiro atoms. The van der Waals surface area contributed by atoms with Crippen molar-refractivity contribution in [1.82, 2.24) is 14.5 Å². The maximum absolute atomic E-state index is 9.11. The number of imidazole rings is 1. The maximum atomic E-state index is 9.11. The van der Waals surface area contributed by atoms with Crippen LogP contribution < -0.4 is 5.73 Å². The second-order valence-corrected chi connectivity index (χ2v) is 5.61. The highest BCUT2D eigenvalue weighted by Gasteiger charge is 2.13. The summed E-state index contributed by atoms with van der Waals surface area (Å²) in [6.07, 6.45) is 2.88. The predicted molar refractivity (Wildman–Crippen MR) is 79.5 cm³/mol. The molecule has 1 aromatic carbocycles. The molecule has 0 aliphatic carbocycles. The van der Waals surface area contributed by atoms with Crippen LogP contribution in [0.25, 0.3) is 11.0 Å². The van der Waals surface area contributed by atoms with Crippen molar-refractivity contribution in [3.63, 3.8) is 0 Å². The number of aromatic nitrogens is 3. The number of thiazole rings is 1. The number of anilines is 1. The fraction of sp³-hybridized carbons (Fsp3) is 0.214. The second kappa shape index (κ2) is 4.94. The molecular formula is C14H13N5S. The summed E-state index contributed by atoms with van der Waals surface area (Å²) in [5, 5.41) is 10.1. The molecule has 0 atom stereocenters. The Morgan fingerprint density at radius 1 is 1.45 bits per heavy atom. The summed E-state index contributed by atoms with van der Waals surface area (Å²) >= 11 is 1.68. The number of nitriles is 1. The molecule has 6 heteroatoms. The lowest BCUT2D eigenvalue weighted by atomic mass is 10.2. The average Bonchev–Trinajstić information content (AvgIpc) is 3.04. The largest absolute Gasteiger partial charge is 0.369 e. The Bertz CT molecular complexity index is 809. The molecule has 5 nitrogen and oxygen atoms in total. The average molecular weight is 283 g/mol. The number of hydrogen-bond donors (Lipinski definition) is 1. The van der Waals surface area contributed by atoms with E-state index in [-0.39, 0.29) is 0 Å². The minimum atomic E-state index is 0.413. The first-order valence-corrected chi connectivity index (χ1v) is 7.13. The van der Waals surface area contributed by atoms with Crippen LogP contribution in [0.3, 0.4) is 0 Å². The predicted octanol–water partition coefficient (Wildman–Crippen LogP) is 2.56. The van der Waals surface area contributed by atoms with E-state index in [1.807, 2.05) is 22.9 Å². The van der Waals surface area contributed by atoms with Crippen molar-refractivity contribution in [1.29, 1.82) is 5.26 Å². The Morgan fingerprint density at radius 3 is 3.00 bits per heavy atom. The number of aryl methyl sites for hydroxylation is 1. The van der Waals surface area contributed by atoms with E-state index in [9.17, 15) is 0 Å². The van der Waals surface area contributed by atoms with Crippen LogP contribution in [0.2, 0.25) is 0 Å². The molecule has 2 aromatic heterocycles. The Hall–Kier alpha value is -2.39. The summed E-state index contributed by atoms with van der Waals surface area (Å²) in [6, 6.07) is 7.66. The van der Waals surface area contributed by atoms with Gasteiger partial charge in [-0.1, -0.05) is 13.0 Å². The van der Waals surface area contributed by atoms with Gasteiger partial charge < -0.3 is 10.3 Å². The topological polar surface area (TPSA) is 80.5 Å². The Morgan fingerprint density at radius 2 is 2.30 bits per heavy atom. The molecule has 2 N–H and O–H groups in total. The third-order valence-corrected chi connectivity index (χ3v) is 4.30. The lowest BCUT2D eigenvalue weighted by Crippen LogP contribution is -2.04. The lowest BCUT2D eigenvalue weighted by Gasteiger charge is -2.03. The van der Waals surface area contributed by atoms with E-state index in [1.165, 1.54) is 4.88 Å². The number of nitrogen functional groups attached to an aromatic ring is 1. The third kappa shape index (κ3) is 2.02. The van der Waals surface area contributed by atoms with Crippen molar-refractivity contribution in [2.75, 3.05) is 5.73 Å². The molecule has 0 saturated carbocycles. The van der Waals surface area contributed by atoms with Crippen molar-refractivity contribution >= 4 is 28.3 Å². The molecule has 0 saturated heterocycles. The Balaban J connectivity index is 2.07. The minimum Gasteiger partial charge on any atom is -0.369 e. The number of para-hydroxylation sites is 1. The highest BCUT2D eigenvalue weighted by molar-refractivity contribution is 7.11. The minimum absolute atomic E-state index is 0.413. The van der Waals surface area contributed by atoms with Crippen molar-refractivity contribution in [3.8, 4) is 6.07 Å². The van der Waals surface area contributed by atoms with Gasteiger partial charge in [0.2, 0.25) is 5.95 Å². The smallest absolute Gasteiger partial charge is 0.201 e. The van der Waals surface area contributed by atoms with Crippen molar-refractivity contribution in [3.05, 3.63) is 39.8 Å². The van der Waals surface area contributed by atoms with Gasteiger partial charge in [0.1, 0.15) is 16.6 Å². The van der Waals surface area contributed by atoms with Gasteiger partial charge in [0.15, 0.2) is 0 Å². The van der Waals surface area contributed by atoms with E-state index in [2.05, 4.69) is 23.0 Å². The van der Waals surface area contributed by atoms with Crippen LogP contribution in [-0.4, -0.2) is 14.5 Å². The first kappa shape index (κ1) is 12.6. The Labute approximate surface area is 120 Å². The summed E-state index contributed by atoms with van der Waals surface area (Å²) < 4.78 is 1.90. The summed E-state index contributed by atoms with van der Waals surface area (Å²) in [7, 11) is 0. The molecule has 0 aliphatic rings. The molecule has 3 aromatic rings. The van der Waals surface area contributed by atoms with Gasteiger partial charge in [-0.05, 0) is 18.6 Å². The van der Waals surface area contributed by atoms with Crippen molar-refractivity contribution in [2.24, 2.45) is 0 Å². The van der Waals surface area contributed by atoms with E-state index in [4.69, 9.17) is 11.0 Å². The second-order valence-electron chi connectivity index (χ2n) is 4.42. The van der Waals surface area contributed by atoms with Gasteiger partial charge in [0.25, 0.3) is 0 Å². The third-order valence-electron chi connectivity index (χ3n) is 3.17. The highest BCUT2D eigenvalue weighted by atomic mass is 32.1.